The van der Waals surface area contributed by atoms with Crippen LogP contribution in [0.25, 0.3) is 0 Å². The molecule has 0 saturated carbocycles. The van der Waals surface area contributed by atoms with Gasteiger partial charge in [0.25, 0.3) is 0 Å². The summed E-state index contributed by atoms with van der Waals surface area (Å²) in [6, 6.07) is 22.7. The van der Waals surface area contributed by atoms with Crippen LogP contribution in [-0.4, -0.2) is 4.98 Å². The van der Waals surface area contributed by atoms with Gasteiger partial charge in [0.15, 0.2) is 0 Å². The molecular formula is C19H18BrN2P. The zero-order chi connectivity index (χ0) is 16.2. The SMILES string of the molecule is Cc1cccc(P)c1NC(c1ccccc1)c1cccc(Br)n1. The molecule has 2 nitrogen and oxygen atoms in total. The lowest BCUT2D eigenvalue weighted by atomic mass is 10.0. The molecule has 0 amide bonds. The second kappa shape index (κ2) is 7.25. The molecule has 4 heteroatoms. The maximum absolute atomic E-state index is 4.65. The highest BCUT2D eigenvalue weighted by molar-refractivity contribution is 9.10. The summed E-state index contributed by atoms with van der Waals surface area (Å²) < 4.78 is 0.841. The third kappa shape index (κ3) is 3.80. The van der Waals surface area contributed by atoms with Gasteiger partial charge < -0.3 is 5.32 Å². The van der Waals surface area contributed by atoms with Gasteiger partial charge in [-0.25, -0.2) is 4.98 Å². The van der Waals surface area contributed by atoms with E-state index in [0.29, 0.717) is 0 Å². The van der Waals surface area contributed by atoms with E-state index in [2.05, 4.69) is 90.9 Å². The number of hydrogen-bond acceptors (Lipinski definition) is 2. The topological polar surface area (TPSA) is 24.9 Å². The molecular weight excluding hydrogens is 367 g/mol. The Labute approximate surface area is 147 Å². The molecule has 0 aliphatic rings. The van der Waals surface area contributed by atoms with Crippen LogP contribution in [0.4, 0.5) is 5.69 Å². The third-order valence-electron chi connectivity index (χ3n) is 3.76. The van der Waals surface area contributed by atoms with Gasteiger partial charge in [-0.1, -0.05) is 54.6 Å². The summed E-state index contributed by atoms with van der Waals surface area (Å²) in [7, 11) is 2.80. The number of hydrogen-bond donors (Lipinski definition) is 1. The Hall–Kier alpha value is -1.70. The molecule has 23 heavy (non-hydrogen) atoms. The first-order valence-electron chi connectivity index (χ1n) is 7.44. The molecule has 1 heterocycles. The summed E-state index contributed by atoms with van der Waals surface area (Å²) in [6.07, 6.45) is 0. The smallest absolute Gasteiger partial charge is 0.106 e. The minimum absolute atomic E-state index is 0.00546. The zero-order valence-corrected chi connectivity index (χ0v) is 15.6. The van der Waals surface area contributed by atoms with Crippen molar-refractivity contribution in [1.82, 2.24) is 4.98 Å². The van der Waals surface area contributed by atoms with E-state index < -0.39 is 0 Å². The van der Waals surface area contributed by atoms with Crippen molar-refractivity contribution in [2.45, 2.75) is 13.0 Å². The molecule has 2 unspecified atom stereocenters. The van der Waals surface area contributed by atoms with Crippen molar-refractivity contribution in [2.24, 2.45) is 0 Å². The minimum atomic E-state index is -0.00546. The number of pyridine rings is 1. The van der Waals surface area contributed by atoms with Gasteiger partial charge in [-0.05, 0) is 51.4 Å². The predicted octanol–water partition coefficient (Wildman–Crippen LogP) is 4.85. The van der Waals surface area contributed by atoms with Crippen LogP contribution in [0, 0.1) is 6.92 Å². The summed E-state index contributed by atoms with van der Waals surface area (Å²) in [5.41, 5.74) is 4.52. The zero-order valence-electron chi connectivity index (χ0n) is 12.8. The highest BCUT2D eigenvalue weighted by Crippen LogP contribution is 2.27. The van der Waals surface area contributed by atoms with Crippen molar-refractivity contribution in [3.05, 3.63) is 88.2 Å². The summed E-state index contributed by atoms with van der Waals surface area (Å²) in [5, 5.41) is 4.82. The first-order valence-corrected chi connectivity index (χ1v) is 8.81. The Bertz CT molecular complexity index is 785. The number of aryl methyl sites for hydroxylation is 1. The highest BCUT2D eigenvalue weighted by atomic mass is 79.9. The van der Waals surface area contributed by atoms with Gasteiger partial charge in [-0.2, -0.15) is 0 Å². The van der Waals surface area contributed by atoms with Gasteiger partial charge in [0.1, 0.15) is 4.60 Å². The molecule has 0 fully saturated rings. The van der Waals surface area contributed by atoms with E-state index in [9.17, 15) is 0 Å². The van der Waals surface area contributed by atoms with Crippen molar-refractivity contribution in [2.75, 3.05) is 5.32 Å². The van der Waals surface area contributed by atoms with Crippen LogP contribution in [-0.2, 0) is 0 Å². The summed E-state index contributed by atoms with van der Waals surface area (Å²) in [6.45, 7) is 2.12. The lowest BCUT2D eigenvalue weighted by Gasteiger charge is -2.23. The van der Waals surface area contributed by atoms with Crippen LogP contribution in [0.2, 0.25) is 0 Å². The number of para-hydroxylation sites is 1. The molecule has 3 aromatic rings. The van der Waals surface area contributed by atoms with E-state index >= 15 is 0 Å². The molecule has 2 aromatic carbocycles. The Morgan fingerprint density at radius 3 is 2.39 bits per heavy atom. The Kier molecular flexibility index (Phi) is 5.09. The summed E-state index contributed by atoms with van der Waals surface area (Å²) in [5.74, 6) is 0. The number of nitrogens with zero attached hydrogens (tertiary/aromatic N) is 1. The van der Waals surface area contributed by atoms with Gasteiger partial charge in [0.2, 0.25) is 0 Å². The third-order valence-corrected chi connectivity index (χ3v) is 4.68. The van der Waals surface area contributed by atoms with Gasteiger partial charge in [0.05, 0.1) is 11.7 Å². The number of anilines is 1. The molecule has 0 bridgehead atoms. The molecule has 0 radical (unpaired) electrons. The molecule has 1 N–H and O–H groups in total. The Balaban J connectivity index is 2.06. The number of benzene rings is 2. The fraction of sp³-hybridized carbons (Fsp3) is 0.105. The first kappa shape index (κ1) is 16.2. The van der Waals surface area contributed by atoms with Gasteiger partial charge >= 0.3 is 0 Å². The van der Waals surface area contributed by atoms with Crippen LogP contribution in [0.1, 0.15) is 22.9 Å². The van der Waals surface area contributed by atoms with Crippen molar-refractivity contribution < 1.29 is 0 Å². The van der Waals surface area contributed by atoms with Gasteiger partial charge in [0, 0.05) is 5.69 Å². The molecule has 1 aromatic heterocycles. The van der Waals surface area contributed by atoms with Gasteiger partial charge in [-0.15, -0.1) is 9.24 Å². The van der Waals surface area contributed by atoms with Crippen molar-refractivity contribution in [3.63, 3.8) is 0 Å². The standard InChI is InChI=1S/C19H18BrN2P/c1-13-7-5-11-16(23)18(13)22-19(14-8-3-2-4-9-14)15-10-6-12-17(20)21-15/h2-12,19,22H,23H2,1H3. The van der Waals surface area contributed by atoms with Crippen LogP contribution < -0.4 is 10.6 Å². The van der Waals surface area contributed by atoms with Crippen molar-refractivity contribution >= 4 is 36.2 Å². The Morgan fingerprint density at radius 2 is 1.70 bits per heavy atom. The van der Waals surface area contributed by atoms with E-state index in [-0.39, 0.29) is 6.04 Å². The van der Waals surface area contributed by atoms with Crippen LogP contribution in [0.3, 0.4) is 0 Å². The maximum atomic E-state index is 4.65. The van der Waals surface area contributed by atoms with Gasteiger partial charge in [-0.3, -0.25) is 0 Å². The average molecular weight is 385 g/mol. The number of aromatic nitrogens is 1. The van der Waals surface area contributed by atoms with Crippen LogP contribution in [0.5, 0.6) is 0 Å². The molecule has 2 atom stereocenters. The molecule has 3 rings (SSSR count). The fourth-order valence-electron chi connectivity index (χ4n) is 2.59. The van der Waals surface area contributed by atoms with E-state index in [0.717, 1.165) is 21.3 Å². The molecule has 0 aliphatic carbocycles. The summed E-state index contributed by atoms with van der Waals surface area (Å²) >= 11 is 3.47. The lowest BCUT2D eigenvalue weighted by Crippen LogP contribution is -2.18. The average Bonchev–Trinajstić information content (AvgIpc) is 2.55. The second-order valence-electron chi connectivity index (χ2n) is 5.41. The van der Waals surface area contributed by atoms with E-state index in [4.69, 9.17) is 0 Å². The lowest BCUT2D eigenvalue weighted by molar-refractivity contribution is 0.881. The minimum Gasteiger partial charge on any atom is -0.372 e. The van der Waals surface area contributed by atoms with Crippen molar-refractivity contribution in [1.29, 1.82) is 0 Å². The normalized spacial score (nSPS) is 12.0. The second-order valence-corrected chi connectivity index (χ2v) is 6.85. The number of nitrogens with one attached hydrogen (secondary N) is 1. The Morgan fingerprint density at radius 1 is 0.957 bits per heavy atom. The predicted molar refractivity (Wildman–Crippen MR) is 104 cm³/mol. The molecule has 0 aliphatic heterocycles. The van der Waals surface area contributed by atoms with Crippen molar-refractivity contribution in [3.8, 4) is 0 Å². The van der Waals surface area contributed by atoms with E-state index in [1.54, 1.807) is 0 Å². The summed E-state index contributed by atoms with van der Waals surface area (Å²) in [4.78, 5) is 4.65. The fourth-order valence-corrected chi connectivity index (χ4v) is 3.37. The van der Waals surface area contributed by atoms with Crippen LogP contribution in [0.15, 0.2) is 71.3 Å². The van der Waals surface area contributed by atoms with Crippen LogP contribution >= 0.6 is 25.2 Å². The largest absolute Gasteiger partial charge is 0.372 e. The number of halogens is 1. The highest BCUT2D eigenvalue weighted by Gasteiger charge is 2.17. The first-order chi connectivity index (χ1) is 11.1. The molecule has 116 valence electrons. The van der Waals surface area contributed by atoms with E-state index in [1.807, 2.05) is 18.2 Å². The molecule has 0 spiro atoms. The quantitative estimate of drug-likeness (QED) is 0.513. The molecule has 0 saturated heterocycles. The monoisotopic (exact) mass is 384 g/mol. The van der Waals surface area contributed by atoms with E-state index in [1.165, 1.54) is 11.1 Å². The maximum Gasteiger partial charge on any atom is 0.106 e. The number of rotatable bonds is 4.